The van der Waals surface area contributed by atoms with Crippen LogP contribution in [-0.2, 0) is 8.37 Å². The Morgan fingerprint density at radius 3 is 1.81 bits per heavy atom. The van der Waals surface area contributed by atoms with Gasteiger partial charge in [0.2, 0.25) is 0 Å². The van der Waals surface area contributed by atoms with Crippen LogP contribution in [0.3, 0.4) is 0 Å². The lowest BCUT2D eigenvalue weighted by Crippen LogP contribution is -2.25. The summed E-state index contributed by atoms with van der Waals surface area (Å²) in [5.74, 6) is 1.74. The largest absolute Gasteiger partial charge is 0.274 e. The first-order chi connectivity index (χ1) is 7.68. The SMILES string of the molecule is CC.CC.CCN1CC(C)CS1(OC)OC. The highest BCUT2D eigenvalue weighted by molar-refractivity contribution is 8.24. The van der Waals surface area contributed by atoms with Crippen LogP contribution in [0.5, 0.6) is 0 Å². The molecular formula is C12H31NO2S. The molecule has 16 heavy (non-hydrogen) atoms. The zero-order valence-corrected chi connectivity index (χ0v) is 13.2. The first kappa shape index (κ1) is 18.6. The van der Waals surface area contributed by atoms with Crippen molar-refractivity contribution < 1.29 is 8.37 Å². The molecule has 1 saturated heterocycles. The third-order valence-corrected chi connectivity index (χ3v) is 5.50. The van der Waals surface area contributed by atoms with Crippen molar-refractivity contribution in [1.29, 1.82) is 0 Å². The van der Waals surface area contributed by atoms with E-state index in [1.165, 1.54) is 0 Å². The van der Waals surface area contributed by atoms with Gasteiger partial charge in [-0.3, -0.25) is 8.37 Å². The maximum atomic E-state index is 5.51. The molecule has 0 radical (unpaired) electrons. The van der Waals surface area contributed by atoms with E-state index < -0.39 is 10.8 Å². The molecule has 0 spiro atoms. The third kappa shape index (κ3) is 4.62. The minimum absolute atomic E-state index is 0.694. The maximum absolute atomic E-state index is 5.51. The summed E-state index contributed by atoms with van der Waals surface area (Å²) >= 11 is 0. The van der Waals surface area contributed by atoms with Gasteiger partial charge in [0, 0.05) is 13.1 Å². The fraction of sp³-hybridized carbons (Fsp3) is 1.00. The third-order valence-electron chi connectivity index (χ3n) is 2.28. The van der Waals surface area contributed by atoms with E-state index in [2.05, 4.69) is 18.2 Å². The standard InChI is InChI=1S/C8H19NO2S.2C2H6/c1-5-9-6-8(2)7-12(9,10-3)11-4;2*1-2/h8H,5-7H2,1-4H3;2*1-2H3. The zero-order valence-electron chi connectivity index (χ0n) is 12.4. The normalized spacial score (nSPS) is 24.9. The van der Waals surface area contributed by atoms with E-state index in [-0.39, 0.29) is 0 Å². The second-order valence-electron chi connectivity index (χ2n) is 3.17. The second kappa shape index (κ2) is 10.4. The summed E-state index contributed by atoms with van der Waals surface area (Å²) in [6.07, 6.45) is 0. The van der Waals surface area contributed by atoms with Crippen LogP contribution in [0.15, 0.2) is 0 Å². The first-order valence-electron chi connectivity index (χ1n) is 6.35. The van der Waals surface area contributed by atoms with E-state index in [0.717, 1.165) is 18.8 Å². The fourth-order valence-corrected chi connectivity index (χ4v) is 4.46. The van der Waals surface area contributed by atoms with Crippen molar-refractivity contribution in [1.82, 2.24) is 4.31 Å². The van der Waals surface area contributed by atoms with E-state index in [9.17, 15) is 0 Å². The molecule has 0 N–H and O–H groups in total. The van der Waals surface area contributed by atoms with Gasteiger partial charge in [0.1, 0.15) is 0 Å². The summed E-state index contributed by atoms with van der Waals surface area (Å²) in [5.41, 5.74) is 0. The van der Waals surface area contributed by atoms with Crippen molar-refractivity contribution >= 4 is 10.8 Å². The topological polar surface area (TPSA) is 21.7 Å². The molecule has 1 aliphatic rings. The smallest absolute Gasteiger partial charge is 0.0620 e. The Morgan fingerprint density at radius 1 is 1.12 bits per heavy atom. The summed E-state index contributed by atoms with van der Waals surface area (Å²) < 4.78 is 13.3. The highest BCUT2D eigenvalue weighted by atomic mass is 32.3. The predicted molar refractivity (Wildman–Crippen MR) is 75.6 cm³/mol. The molecule has 0 aromatic carbocycles. The number of hydrogen-bond acceptors (Lipinski definition) is 3. The van der Waals surface area contributed by atoms with Gasteiger partial charge in [0.15, 0.2) is 0 Å². The van der Waals surface area contributed by atoms with Crippen LogP contribution in [0.1, 0.15) is 41.5 Å². The minimum atomic E-state index is -1.34. The van der Waals surface area contributed by atoms with Crippen LogP contribution in [0, 0.1) is 5.92 Å². The molecule has 1 unspecified atom stereocenters. The van der Waals surface area contributed by atoms with Gasteiger partial charge in [0.05, 0.1) is 20.0 Å². The Balaban J connectivity index is 0. The van der Waals surface area contributed by atoms with Crippen molar-refractivity contribution in [2.75, 3.05) is 33.1 Å². The van der Waals surface area contributed by atoms with Crippen LogP contribution in [0.2, 0.25) is 0 Å². The summed E-state index contributed by atoms with van der Waals surface area (Å²) in [5, 5.41) is 0. The molecule has 0 amide bonds. The number of rotatable bonds is 3. The van der Waals surface area contributed by atoms with Crippen molar-refractivity contribution in [3.63, 3.8) is 0 Å². The van der Waals surface area contributed by atoms with E-state index >= 15 is 0 Å². The molecule has 0 saturated carbocycles. The highest BCUT2D eigenvalue weighted by Crippen LogP contribution is 2.57. The molecule has 1 aliphatic heterocycles. The van der Waals surface area contributed by atoms with Gasteiger partial charge in [-0.15, -0.1) is 10.8 Å². The van der Waals surface area contributed by atoms with Crippen molar-refractivity contribution in [2.24, 2.45) is 5.92 Å². The zero-order chi connectivity index (χ0) is 13.2. The minimum Gasteiger partial charge on any atom is -0.274 e. The van der Waals surface area contributed by atoms with Crippen LogP contribution in [0.4, 0.5) is 0 Å². The Labute approximate surface area is 104 Å². The van der Waals surface area contributed by atoms with Crippen molar-refractivity contribution in [3.8, 4) is 0 Å². The molecular weight excluding hydrogens is 222 g/mol. The number of nitrogens with zero attached hydrogens (tertiary/aromatic N) is 1. The Kier molecular flexibility index (Phi) is 12.1. The average Bonchev–Trinajstić information content (AvgIpc) is 2.71. The Bertz CT molecular complexity index is 152. The van der Waals surface area contributed by atoms with E-state index in [0.29, 0.717) is 5.92 Å². The fourth-order valence-electron chi connectivity index (χ4n) is 1.72. The van der Waals surface area contributed by atoms with Gasteiger partial charge in [-0.1, -0.05) is 41.5 Å². The summed E-state index contributed by atoms with van der Waals surface area (Å²) in [6.45, 7) is 14.5. The van der Waals surface area contributed by atoms with Gasteiger partial charge in [-0.05, 0) is 5.92 Å². The van der Waals surface area contributed by atoms with Gasteiger partial charge < -0.3 is 0 Å². The molecule has 0 aliphatic carbocycles. The van der Waals surface area contributed by atoms with Gasteiger partial charge in [-0.2, -0.15) is 0 Å². The maximum Gasteiger partial charge on any atom is 0.0620 e. The average molecular weight is 253 g/mol. The van der Waals surface area contributed by atoms with E-state index in [1.54, 1.807) is 14.2 Å². The van der Waals surface area contributed by atoms with Crippen LogP contribution in [-0.4, -0.2) is 37.4 Å². The lowest BCUT2D eigenvalue weighted by Gasteiger charge is -2.43. The molecule has 4 heteroatoms. The van der Waals surface area contributed by atoms with Crippen LogP contribution in [0.25, 0.3) is 0 Å². The molecule has 0 bridgehead atoms. The Hall–Kier alpha value is 0.230. The van der Waals surface area contributed by atoms with Gasteiger partial charge in [0.25, 0.3) is 0 Å². The monoisotopic (exact) mass is 253 g/mol. The van der Waals surface area contributed by atoms with Crippen LogP contribution >= 0.6 is 10.8 Å². The summed E-state index contributed by atoms with van der Waals surface area (Å²) in [7, 11) is 2.16. The highest BCUT2D eigenvalue weighted by Gasteiger charge is 2.36. The predicted octanol–water partition coefficient (Wildman–Crippen LogP) is 3.85. The van der Waals surface area contributed by atoms with E-state index in [4.69, 9.17) is 8.37 Å². The molecule has 1 atom stereocenters. The Morgan fingerprint density at radius 2 is 1.56 bits per heavy atom. The number of hydrogen-bond donors (Lipinski definition) is 0. The van der Waals surface area contributed by atoms with Crippen molar-refractivity contribution in [3.05, 3.63) is 0 Å². The molecule has 3 nitrogen and oxygen atoms in total. The molecule has 1 fully saturated rings. The molecule has 0 aromatic rings. The van der Waals surface area contributed by atoms with Crippen LogP contribution < -0.4 is 0 Å². The molecule has 1 heterocycles. The summed E-state index contributed by atoms with van der Waals surface area (Å²) in [4.78, 5) is 0. The molecule has 1 rings (SSSR count). The second-order valence-corrected chi connectivity index (χ2v) is 5.85. The summed E-state index contributed by atoms with van der Waals surface area (Å²) in [6, 6.07) is 0. The lowest BCUT2D eigenvalue weighted by atomic mass is 10.2. The van der Waals surface area contributed by atoms with E-state index in [1.807, 2.05) is 27.7 Å². The molecule has 0 aromatic heterocycles. The molecule has 102 valence electrons. The lowest BCUT2D eigenvalue weighted by molar-refractivity contribution is 0.297. The first-order valence-corrected chi connectivity index (χ1v) is 7.96. The van der Waals surface area contributed by atoms with Crippen molar-refractivity contribution in [2.45, 2.75) is 41.5 Å². The van der Waals surface area contributed by atoms with Gasteiger partial charge in [-0.25, -0.2) is 4.31 Å². The quantitative estimate of drug-likeness (QED) is 0.762. The van der Waals surface area contributed by atoms with Gasteiger partial charge >= 0.3 is 0 Å².